The van der Waals surface area contributed by atoms with Crippen LogP contribution in [0.15, 0.2) is 18.2 Å². The molecule has 2 rings (SSSR count). The third-order valence-corrected chi connectivity index (χ3v) is 4.73. The number of nitrogens with zero attached hydrogens (tertiary/aromatic N) is 1. The molecule has 0 heterocycles. The zero-order valence-corrected chi connectivity index (χ0v) is 13.5. The molecule has 0 aliphatic heterocycles. The molecule has 0 atom stereocenters. The van der Waals surface area contributed by atoms with E-state index in [0.29, 0.717) is 12.6 Å². The fourth-order valence-electron chi connectivity index (χ4n) is 2.04. The van der Waals surface area contributed by atoms with Gasteiger partial charge in [-0.2, -0.15) is 0 Å². The summed E-state index contributed by atoms with van der Waals surface area (Å²) in [6.45, 7) is 1.19. The van der Waals surface area contributed by atoms with E-state index in [-0.39, 0.29) is 5.75 Å². The summed E-state index contributed by atoms with van der Waals surface area (Å²) in [6.07, 6.45) is 3.71. The number of benzene rings is 1. The second-order valence-corrected chi connectivity index (χ2v) is 8.11. The molecule has 1 aliphatic rings. The van der Waals surface area contributed by atoms with E-state index in [1.165, 1.54) is 19.1 Å². The predicted octanol–water partition coefficient (Wildman–Crippen LogP) is 2.07. The topological polar surface area (TPSA) is 49.4 Å². The maximum absolute atomic E-state index is 11.3. The van der Waals surface area contributed by atoms with Crippen molar-refractivity contribution < 1.29 is 8.42 Å². The molecule has 1 N–H and O–H groups in total. The minimum Gasteiger partial charge on any atom is -0.373 e. The summed E-state index contributed by atoms with van der Waals surface area (Å²) in [7, 11) is -1.06. The molecule has 1 aromatic carbocycles. The predicted molar refractivity (Wildman–Crippen MR) is 84.3 cm³/mol. The summed E-state index contributed by atoms with van der Waals surface area (Å²) in [6, 6.07) is 6.37. The Morgan fingerprint density at radius 1 is 1.40 bits per heavy atom. The van der Waals surface area contributed by atoms with Crippen LogP contribution in [0.3, 0.4) is 0 Å². The number of hydrogen-bond donors (Lipinski definition) is 1. The van der Waals surface area contributed by atoms with E-state index in [1.807, 2.05) is 30.1 Å². The number of sulfone groups is 1. The van der Waals surface area contributed by atoms with Crippen LogP contribution in [0.25, 0.3) is 0 Å². The summed E-state index contributed by atoms with van der Waals surface area (Å²) < 4.78 is 22.6. The summed E-state index contributed by atoms with van der Waals surface area (Å²) >= 11 is 6.28. The van der Waals surface area contributed by atoms with Crippen LogP contribution in [-0.2, 0) is 16.4 Å². The number of hydrogen-bond acceptors (Lipinski definition) is 4. The molecule has 0 amide bonds. The third kappa shape index (κ3) is 4.65. The second kappa shape index (κ2) is 6.33. The van der Waals surface area contributed by atoms with E-state index in [9.17, 15) is 8.42 Å². The van der Waals surface area contributed by atoms with Crippen LogP contribution < -0.4 is 10.2 Å². The molecule has 4 nitrogen and oxygen atoms in total. The van der Waals surface area contributed by atoms with Gasteiger partial charge in [-0.1, -0.05) is 17.7 Å². The molecule has 1 aliphatic carbocycles. The SMILES string of the molecule is CN(CCS(C)(=O)=O)c1cccc(Cl)c1CNC1CC1. The van der Waals surface area contributed by atoms with Crippen molar-refractivity contribution in [1.82, 2.24) is 5.32 Å². The second-order valence-electron chi connectivity index (χ2n) is 5.44. The molecule has 0 saturated heterocycles. The van der Waals surface area contributed by atoms with E-state index >= 15 is 0 Å². The highest BCUT2D eigenvalue weighted by molar-refractivity contribution is 7.90. The van der Waals surface area contributed by atoms with Crippen LogP contribution in [0, 0.1) is 0 Å². The first kappa shape index (κ1) is 15.6. The Hall–Kier alpha value is -0.780. The summed E-state index contributed by atoms with van der Waals surface area (Å²) in [5.41, 5.74) is 2.03. The normalized spacial score (nSPS) is 15.3. The largest absolute Gasteiger partial charge is 0.373 e. The van der Waals surface area contributed by atoms with Gasteiger partial charge in [0.25, 0.3) is 0 Å². The number of nitrogens with one attached hydrogen (secondary N) is 1. The van der Waals surface area contributed by atoms with Crippen molar-refractivity contribution in [1.29, 1.82) is 0 Å². The standard InChI is InChI=1S/C14H21ClN2O2S/c1-17(8-9-20(2,18)19)14-5-3-4-13(15)12(14)10-16-11-6-7-11/h3-5,11,16H,6-10H2,1-2H3. The highest BCUT2D eigenvalue weighted by atomic mass is 35.5. The smallest absolute Gasteiger partial charge is 0.149 e. The van der Waals surface area contributed by atoms with Gasteiger partial charge < -0.3 is 10.2 Å². The molecule has 112 valence electrons. The van der Waals surface area contributed by atoms with Crippen molar-refractivity contribution in [3.63, 3.8) is 0 Å². The summed E-state index contributed by atoms with van der Waals surface area (Å²) in [4.78, 5) is 1.96. The van der Waals surface area contributed by atoms with Gasteiger partial charge in [0.05, 0.1) is 5.75 Å². The van der Waals surface area contributed by atoms with Gasteiger partial charge in [0.1, 0.15) is 9.84 Å². The molecule has 6 heteroatoms. The average molecular weight is 317 g/mol. The number of halogens is 1. The molecular weight excluding hydrogens is 296 g/mol. The van der Waals surface area contributed by atoms with Gasteiger partial charge in [0, 0.05) is 48.7 Å². The van der Waals surface area contributed by atoms with Crippen LogP contribution in [0.2, 0.25) is 5.02 Å². The van der Waals surface area contributed by atoms with Crippen molar-refractivity contribution in [2.24, 2.45) is 0 Å². The van der Waals surface area contributed by atoms with Gasteiger partial charge in [0.15, 0.2) is 0 Å². The van der Waals surface area contributed by atoms with Crippen molar-refractivity contribution in [2.75, 3.05) is 30.5 Å². The van der Waals surface area contributed by atoms with Crippen LogP contribution >= 0.6 is 11.6 Å². The van der Waals surface area contributed by atoms with E-state index < -0.39 is 9.84 Å². The van der Waals surface area contributed by atoms with Gasteiger partial charge in [-0.15, -0.1) is 0 Å². The van der Waals surface area contributed by atoms with E-state index in [0.717, 1.165) is 22.8 Å². The first-order chi connectivity index (χ1) is 9.37. The monoisotopic (exact) mass is 316 g/mol. The molecule has 20 heavy (non-hydrogen) atoms. The van der Waals surface area contributed by atoms with Gasteiger partial charge in [0.2, 0.25) is 0 Å². The highest BCUT2D eigenvalue weighted by Crippen LogP contribution is 2.28. The minimum atomic E-state index is -2.96. The molecule has 0 aromatic heterocycles. The lowest BCUT2D eigenvalue weighted by atomic mass is 10.1. The third-order valence-electron chi connectivity index (χ3n) is 3.45. The zero-order valence-electron chi connectivity index (χ0n) is 11.9. The Kier molecular flexibility index (Phi) is 4.94. The van der Waals surface area contributed by atoms with Gasteiger partial charge in [-0.3, -0.25) is 0 Å². The molecule has 0 spiro atoms. The Labute approximate surface area is 126 Å². The number of rotatable bonds is 7. The molecule has 0 radical (unpaired) electrons. The molecule has 1 saturated carbocycles. The lowest BCUT2D eigenvalue weighted by molar-refractivity contribution is 0.601. The fraction of sp³-hybridized carbons (Fsp3) is 0.571. The summed E-state index contributed by atoms with van der Waals surface area (Å²) in [5.74, 6) is 0.144. The lowest BCUT2D eigenvalue weighted by Crippen LogP contribution is -2.27. The summed E-state index contributed by atoms with van der Waals surface area (Å²) in [5, 5.41) is 4.18. The van der Waals surface area contributed by atoms with Crippen molar-refractivity contribution in [2.45, 2.75) is 25.4 Å². The van der Waals surface area contributed by atoms with E-state index in [2.05, 4.69) is 5.32 Å². The van der Waals surface area contributed by atoms with Gasteiger partial charge >= 0.3 is 0 Å². The van der Waals surface area contributed by atoms with Gasteiger partial charge in [-0.25, -0.2) is 8.42 Å². The zero-order chi connectivity index (χ0) is 14.8. The molecular formula is C14H21ClN2O2S. The molecule has 0 bridgehead atoms. The average Bonchev–Trinajstić information content (AvgIpc) is 3.17. The lowest BCUT2D eigenvalue weighted by Gasteiger charge is -2.23. The van der Waals surface area contributed by atoms with Crippen LogP contribution in [-0.4, -0.2) is 40.1 Å². The Bertz CT molecular complexity index is 571. The molecule has 0 unspecified atom stereocenters. The van der Waals surface area contributed by atoms with Crippen molar-refractivity contribution >= 4 is 27.1 Å². The minimum absolute atomic E-state index is 0.144. The Balaban J connectivity index is 2.09. The first-order valence-corrected chi connectivity index (χ1v) is 9.20. The quantitative estimate of drug-likeness (QED) is 0.836. The maximum Gasteiger partial charge on any atom is 0.149 e. The number of anilines is 1. The first-order valence-electron chi connectivity index (χ1n) is 6.76. The Morgan fingerprint density at radius 3 is 2.70 bits per heavy atom. The van der Waals surface area contributed by atoms with E-state index in [4.69, 9.17) is 11.6 Å². The van der Waals surface area contributed by atoms with Crippen LogP contribution in [0.4, 0.5) is 5.69 Å². The Morgan fingerprint density at radius 2 is 2.10 bits per heavy atom. The van der Waals surface area contributed by atoms with Crippen molar-refractivity contribution in [3.8, 4) is 0 Å². The molecule has 1 fully saturated rings. The van der Waals surface area contributed by atoms with Crippen molar-refractivity contribution in [3.05, 3.63) is 28.8 Å². The van der Waals surface area contributed by atoms with E-state index in [1.54, 1.807) is 0 Å². The molecule has 1 aromatic rings. The fourth-order valence-corrected chi connectivity index (χ4v) is 2.88. The van der Waals surface area contributed by atoms with Crippen LogP contribution in [0.5, 0.6) is 0 Å². The highest BCUT2D eigenvalue weighted by Gasteiger charge is 2.21. The maximum atomic E-state index is 11.3. The van der Waals surface area contributed by atoms with Gasteiger partial charge in [-0.05, 0) is 25.0 Å². The van der Waals surface area contributed by atoms with Crippen LogP contribution in [0.1, 0.15) is 18.4 Å².